The number of fused-ring (bicyclic) bond motifs is 1. The lowest BCUT2D eigenvalue weighted by molar-refractivity contribution is 0.436. The lowest BCUT2D eigenvalue weighted by Gasteiger charge is -2.15. The largest absolute Gasteiger partial charge is 0.494 e. The van der Waals surface area contributed by atoms with Crippen LogP contribution in [0.15, 0.2) is 70.6 Å². The summed E-state index contributed by atoms with van der Waals surface area (Å²) in [6, 6.07) is 16.7. The Kier molecular flexibility index (Phi) is 4.72. The Morgan fingerprint density at radius 2 is 1.69 bits per heavy atom. The van der Waals surface area contributed by atoms with Crippen molar-refractivity contribution in [2.75, 3.05) is 0 Å². The fourth-order valence-electron chi connectivity index (χ4n) is 3.44. The predicted octanol–water partition coefficient (Wildman–Crippen LogP) is 4.77. The quantitative estimate of drug-likeness (QED) is 0.518. The standard InChI is InChI=1S/C24H21N3O2/c1-15-8-10-21(17(3)12-15)27-23(28)19-7-5-4-6-18(19)20(24(27)29)14-26-22-11-9-16(2)13-25-22/h4-14,29H,1-3H3. The van der Waals surface area contributed by atoms with E-state index in [0.717, 1.165) is 16.7 Å². The fourth-order valence-corrected chi connectivity index (χ4v) is 3.44. The molecule has 0 radical (unpaired) electrons. The van der Waals surface area contributed by atoms with Gasteiger partial charge in [0.15, 0.2) is 5.82 Å². The number of hydrogen-bond acceptors (Lipinski definition) is 4. The van der Waals surface area contributed by atoms with Gasteiger partial charge in [-0.1, -0.05) is 42.0 Å². The Morgan fingerprint density at radius 3 is 2.38 bits per heavy atom. The van der Waals surface area contributed by atoms with Gasteiger partial charge in [-0.15, -0.1) is 0 Å². The summed E-state index contributed by atoms with van der Waals surface area (Å²) in [5, 5.41) is 12.3. The van der Waals surface area contributed by atoms with Gasteiger partial charge in [-0.2, -0.15) is 0 Å². The third kappa shape index (κ3) is 3.43. The highest BCUT2D eigenvalue weighted by atomic mass is 16.3. The highest BCUT2D eigenvalue weighted by Crippen LogP contribution is 2.28. The molecule has 0 unspecified atom stereocenters. The van der Waals surface area contributed by atoms with Crippen molar-refractivity contribution >= 4 is 22.8 Å². The number of benzene rings is 2. The summed E-state index contributed by atoms with van der Waals surface area (Å²) in [7, 11) is 0. The van der Waals surface area contributed by atoms with Crippen molar-refractivity contribution in [1.29, 1.82) is 0 Å². The first-order chi connectivity index (χ1) is 14.0. The van der Waals surface area contributed by atoms with Gasteiger partial charge in [0.25, 0.3) is 5.56 Å². The van der Waals surface area contributed by atoms with E-state index in [1.54, 1.807) is 18.5 Å². The minimum atomic E-state index is -0.268. The van der Waals surface area contributed by atoms with E-state index < -0.39 is 0 Å². The van der Waals surface area contributed by atoms with Crippen LogP contribution in [0.5, 0.6) is 5.88 Å². The monoisotopic (exact) mass is 383 g/mol. The molecule has 0 saturated heterocycles. The first-order valence-electron chi connectivity index (χ1n) is 9.37. The molecule has 0 atom stereocenters. The molecule has 0 fully saturated rings. The van der Waals surface area contributed by atoms with Crippen molar-refractivity contribution in [3.63, 3.8) is 0 Å². The summed E-state index contributed by atoms with van der Waals surface area (Å²) < 4.78 is 1.35. The van der Waals surface area contributed by atoms with E-state index in [-0.39, 0.29) is 11.4 Å². The van der Waals surface area contributed by atoms with Gasteiger partial charge in [0.05, 0.1) is 11.3 Å². The van der Waals surface area contributed by atoms with Crippen LogP contribution in [0.4, 0.5) is 5.82 Å². The van der Waals surface area contributed by atoms with Crippen LogP contribution in [0.3, 0.4) is 0 Å². The number of nitrogens with zero attached hydrogens (tertiary/aromatic N) is 3. The third-order valence-electron chi connectivity index (χ3n) is 4.92. The molecule has 4 rings (SSSR count). The van der Waals surface area contributed by atoms with E-state index in [1.807, 2.05) is 69.3 Å². The van der Waals surface area contributed by atoms with Crippen molar-refractivity contribution in [2.45, 2.75) is 20.8 Å². The molecule has 0 aliphatic heterocycles. The van der Waals surface area contributed by atoms with E-state index in [2.05, 4.69) is 9.98 Å². The molecule has 0 aliphatic rings. The van der Waals surface area contributed by atoms with Crippen LogP contribution in [0.25, 0.3) is 16.5 Å². The summed E-state index contributed by atoms with van der Waals surface area (Å²) in [5.74, 6) is 0.389. The van der Waals surface area contributed by atoms with Gasteiger partial charge in [0.1, 0.15) is 0 Å². The summed E-state index contributed by atoms with van der Waals surface area (Å²) in [6.45, 7) is 5.87. The highest BCUT2D eigenvalue weighted by molar-refractivity contribution is 6.02. The van der Waals surface area contributed by atoms with Gasteiger partial charge < -0.3 is 5.11 Å². The van der Waals surface area contributed by atoms with Crippen molar-refractivity contribution < 1.29 is 5.11 Å². The van der Waals surface area contributed by atoms with E-state index in [1.165, 1.54) is 4.57 Å². The first kappa shape index (κ1) is 18.6. The number of pyridine rings is 2. The van der Waals surface area contributed by atoms with Crippen molar-refractivity contribution in [3.05, 3.63) is 93.4 Å². The molecule has 1 N–H and O–H groups in total. The molecule has 2 heterocycles. The summed E-state index contributed by atoms with van der Waals surface area (Å²) >= 11 is 0. The maximum atomic E-state index is 13.2. The lowest BCUT2D eigenvalue weighted by Crippen LogP contribution is -2.21. The molecule has 144 valence electrons. The van der Waals surface area contributed by atoms with Crippen LogP contribution in [0, 0.1) is 20.8 Å². The Hall–Kier alpha value is -3.73. The van der Waals surface area contributed by atoms with E-state index in [4.69, 9.17) is 0 Å². The normalized spacial score (nSPS) is 11.4. The van der Waals surface area contributed by atoms with Crippen LogP contribution < -0.4 is 5.56 Å². The van der Waals surface area contributed by atoms with Gasteiger partial charge in [-0.25, -0.2) is 14.5 Å². The predicted molar refractivity (Wildman–Crippen MR) is 117 cm³/mol. The molecule has 4 aromatic rings. The maximum Gasteiger partial charge on any atom is 0.265 e. The second kappa shape index (κ2) is 7.36. The van der Waals surface area contributed by atoms with Gasteiger partial charge in [0.2, 0.25) is 5.88 Å². The molecule has 0 spiro atoms. The second-order valence-electron chi connectivity index (χ2n) is 7.17. The zero-order chi connectivity index (χ0) is 20.5. The molecule has 2 aromatic heterocycles. The van der Waals surface area contributed by atoms with E-state index >= 15 is 0 Å². The van der Waals surface area contributed by atoms with Gasteiger partial charge >= 0.3 is 0 Å². The van der Waals surface area contributed by atoms with Gasteiger partial charge in [0, 0.05) is 23.2 Å². The summed E-state index contributed by atoms with van der Waals surface area (Å²) in [4.78, 5) is 21.9. The first-order valence-corrected chi connectivity index (χ1v) is 9.37. The van der Waals surface area contributed by atoms with E-state index in [0.29, 0.717) is 27.8 Å². The van der Waals surface area contributed by atoms with Crippen LogP contribution in [-0.4, -0.2) is 20.9 Å². The highest BCUT2D eigenvalue weighted by Gasteiger charge is 2.17. The van der Waals surface area contributed by atoms with Gasteiger partial charge in [-0.05, 0) is 50.1 Å². The number of aryl methyl sites for hydroxylation is 3. The number of rotatable bonds is 3. The minimum Gasteiger partial charge on any atom is -0.494 e. The third-order valence-corrected chi connectivity index (χ3v) is 4.92. The second-order valence-corrected chi connectivity index (χ2v) is 7.17. The van der Waals surface area contributed by atoms with Crippen LogP contribution >= 0.6 is 0 Å². The minimum absolute atomic E-state index is 0.142. The zero-order valence-electron chi connectivity index (χ0n) is 16.5. The smallest absolute Gasteiger partial charge is 0.265 e. The molecule has 5 heteroatoms. The van der Waals surface area contributed by atoms with Crippen molar-refractivity contribution in [3.8, 4) is 11.6 Å². The summed E-state index contributed by atoms with van der Waals surface area (Å²) in [6.07, 6.45) is 3.30. The lowest BCUT2D eigenvalue weighted by atomic mass is 10.1. The Balaban J connectivity index is 1.99. The Bertz CT molecular complexity index is 1300. The van der Waals surface area contributed by atoms with E-state index in [9.17, 15) is 9.90 Å². The molecule has 0 amide bonds. The van der Waals surface area contributed by atoms with Gasteiger partial charge in [-0.3, -0.25) is 4.79 Å². The molecule has 5 nitrogen and oxygen atoms in total. The topological polar surface area (TPSA) is 67.5 Å². The van der Waals surface area contributed by atoms with Crippen LogP contribution in [0.2, 0.25) is 0 Å². The zero-order valence-corrected chi connectivity index (χ0v) is 16.5. The summed E-state index contributed by atoms with van der Waals surface area (Å²) in [5.41, 5.74) is 3.89. The maximum absolute atomic E-state index is 13.2. The molecule has 0 aliphatic carbocycles. The average Bonchev–Trinajstić information content (AvgIpc) is 2.71. The molecule has 0 saturated carbocycles. The van der Waals surface area contributed by atoms with Crippen LogP contribution in [-0.2, 0) is 0 Å². The molecule has 2 aromatic carbocycles. The Morgan fingerprint density at radius 1 is 0.966 bits per heavy atom. The number of aliphatic imine (C=N–C) groups is 1. The number of hydrogen-bond donors (Lipinski definition) is 1. The molecular weight excluding hydrogens is 362 g/mol. The SMILES string of the molecule is Cc1ccc(N=Cc2c(O)n(-c3ccc(C)cc3C)c(=O)c3ccccc23)nc1. The molecule has 29 heavy (non-hydrogen) atoms. The molecule has 0 bridgehead atoms. The average molecular weight is 383 g/mol. The number of aromatic nitrogens is 2. The van der Waals surface area contributed by atoms with Crippen molar-refractivity contribution in [1.82, 2.24) is 9.55 Å². The Labute approximate surface area is 168 Å². The van der Waals surface area contributed by atoms with Crippen LogP contribution in [0.1, 0.15) is 22.3 Å². The number of aromatic hydroxyl groups is 1. The fraction of sp³-hybridized carbons (Fsp3) is 0.125. The molecular formula is C24H21N3O2. The van der Waals surface area contributed by atoms with Crippen molar-refractivity contribution in [2.24, 2.45) is 4.99 Å².